The second kappa shape index (κ2) is 7.70. The SMILES string of the molecule is Cc1c(F)c(F)c(-c2cc3c(cc2F)OC(F)(F)C(=O)N3c2ccccc2)c(P)c1I. The first kappa shape index (κ1) is 22.0. The molecule has 160 valence electrons. The Balaban J connectivity index is 2.02. The van der Waals surface area contributed by atoms with Gasteiger partial charge in [0.2, 0.25) is 0 Å². The number of benzene rings is 3. The Morgan fingerprint density at radius 1 is 1.06 bits per heavy atom. The van der Waals surface area contributed by atoms with E-state index in [1.165, 1.54) is 31.2 Å². The summed E-state index contributed by atoms with van der Waals surface area (Å²) >= 11 is 1.80. The van der Waals surface area contributed by atoms with Crippen LogP contribution in [0.5, 0.6) is 5.75 Å². The molecule has 0 saturated carbocycles. The third-order valence-electron chi connectivity index (χ3n) is 4.84. The van der Waals surface area contributed by atoms with Crippen molar-refractivity contribution in [2.75, 3.05) is 4.90 Å². The molecular weight excluding hydrogens is 551 g/mol. The molecule has 4 rings (SSSR count). The standard InChI is InChI=1S/C21H12F5INO2P/c1-9-16(23)17(24)15(19(31)18(9)27)11-7-13-14(8-12(11)22)30-21(25,26)20(29)28(13)10-5-3-2-4-6-10/h2-8H,31H2,1H3. The molecule has 1 heterocycles. The number of rotatable bonds is 2. The van der Waals surface area contributed by atoms with Crippen LogP contribution in [0, 0.1) is 27.9 Å². The maximum atomic E-state index is 14.9. The fraction of sp³-hybridized carbons (Fsp3) is 0.0952. The first-order valence-electron chi connectivity index (χ1n) is 8.77. The van der Waals surface area contributed by atoms with Gasteiger partial charge < -0.3 is 4.74 Å². The Kier molecular flexibility index (Phi) is 5.46. The van der Waals surface area contributed by atoms with Crippen molar-refractivity contribution in [3.63, 3.8) is 0 Å². The van der Waals surface area contributed by atoms with E-state index in [4.69, 9.17) is 0 Å². The zero-order chi connectivity index (χ0) is 22.7. The van der Waals surface area contributed by atoms with Crippen LogP contribution >= 0.6 is 31.8 Å². The van der Waals surface area contributed by atoms with E-state index in [2.05, 4.69) is 14.0 Å². The summed E-state index contributed by atoms with van der Waals surface area (Å²) in [5.74, 6) is -5.86. The lowest BCUT2D eigenvalue weighted by Gasteiger charge is -2.34. The lowest BCUT2D eigenvalue weighted by atomic mass is 10.00. The monoisotopic (exact) mass is 563 g/mol. The summed E-state index contributed by atoms with van der Waals surface area (Å²) in [6.45, 7) is 1.38. The topological polar surface area (TPSA) is 29.5 Å². The van der Waals surface area contributed by atoms with Gasteiger partial charge in [0.25, 0.3) is 0 Å². The van der Waals surface area contributed by atoms with E-state index in [0.29, 0.717) is 14.5 Å². The van der Waals surface area contributed by atoms with E-state index in [-0.39, 0.29) is 22.2 Å². The molecule has 0 radical (unpaired) electrons. The number of hydrogen-bond donors (Lipinski definition) is 0. The van der Waals surface area contributed by atoms with Crippen molar-refractivity contribution in [2.45, 2.75) is 13.0 Å². The third-order valence-corrected chi connectivity index (χ3v) is 7.40. The van der Waals surface area contributed by atoms with Crippen LogP contribution in [0.15, 0.2) is 42.5 Å². The Bertz CT molecular complexity index is 1210. The quantitative estimate of drug-likeness (QED) is 0.170. The van der Waals surface area contributed by atoms with Gasteiger partial charge >= 0.3 is 12.0 Å². The minimum atomic E-state index is -4.24. The molecule has 31 heavy (non-hydrogen) atoms. The maximum absolute atomic E-state index is 14.9. The molecule has 10 heteroatoms. The summed E-state index contributed by atoms with van der Waals surface area (Å²) in [4.78, 5) is 13.1. The summed E-state index contributed by atoms with van der Waals surface area (Å²) < 4.78 is 77.4. The van der Waals surface area contributed by atoms with Crippen molar-refractivity contribution in [3.8, 4) is 16.9 Å². The zero-order valence-corrected chi connectivity index (χ0v) is 19.0. The zero-order valence-electron chi connectivity index (χ0n) is 15.7. The van der Waals surface area contributed by atoms with Gasteiger partial charge in [0.15, 0.2) is 17.4 Å². The second-order valence-corrected chi connectivity index (χ2v) is 8.41. The van der Waals surface area contributed by atoms with E-state index in [1.807, 2.05) is 0 Å². The van der Waals surface area contributed by atoms with Crippen LogP contribution in [0.25, 0.3) is 11.1 Å². The number of anilines is 2. The molecule has 0 fully saturated rings. The molecule has 0 N–H and O–H groups in total. The van der Waals surface area contributed by atoms with Crippen LogP contribution in [-0.2, 0) is 4.79 Å². The van der Waals surface area contributed by atoms with Crippen LogP contribution in [0.3, 0.4) is 0 Å². The molecule has 1 atom stereocenters. The van der Waals surface area contributed by atoms with Crippen LogP contribution in [-0.4, -0.2) is 12.0 Å². The summed E-state index contributed by atoms with van der Waals surface area (Å²) in [5.41, 5.74) is -0.894. The highest BCUT2D eigenvalue weighted by molar-refractivity contribution is 14.1. The fourth-order valence-corrected chi connectivity index (χ4v) is 4.32. The number of alkyl halides is 2. The highest BCUT2D eigenvalue weighted by Gasteiger charge is 2.51. The van der Waals surface area contributed by atoms with Gasteiger partial charge in [-0.2, -0.15) is 8.78 Å². The fourth-order valence-electron chi connectivity index (χ4n) is 3.31. The molecule has 3 aromatic rings. The normalized spacial score (nSPS) is 15.0. The van der Waals surface area contributed by atoms with Gasteiger partial charge in [0, 0.05) is 32.0 Å². The number of hydrogen-bond acceptors (Lipinski definition) is 2. The number of halogens is 6. The summed E-state index contributed by atoms with van der Waals surface area (Å²) in [6, 6.07) is 9.12. The van der Waals surface area contributed by atoms with Crippen LogP contribution in [0.2, 0.25) is 0 Å². The number of nitrogens with zero attached hydrogens (tertiary/aromatic N) is 1. The molecule has 0 saturated heterocycles. The summed E-state index contributed by atoms with van der Waals surface area (Å²) in [5, 5.41) is 0.190. The van der Waals surface area contributed by atoms with Crippen molar-refractivity contribution >= 4 is 54.4 Å². The molecule has 3 aromatic carbocycles. The molecule has 0 aliphatic carbocycles. The molecule has 0 spiro atoms. The smallest absolute Gasteiger partial charge is 0.423 e. The minimum absolute atomic E-state index is 0.0503. The van der Waals surface area contributed by atoms with Crippen LogP contribution in [0.4, 0.5) is 33.3 Å². The van der Waals surface area contributed by atoms with Crippen molar-refractivity contribution in [1.29, 1.82) is 0 Å². The van der Waals surface area contributed by atoms with E-state index in [0.717, 1.165) is 6.07 Å². The van der Waals surface area contributed by atoms with Crippen molar-refractivity contribution in [2.24, 2.45) is 0 Å². The van der Waals surface area contributed by atoms with Gasteiger partial charge in [0.05, 0.1) is 5.69 Å². The number of fused-ring (bicyclic) bond motifs is 1. The van der Waals surface area contributed by atoms with Crippen LogP contribution in [0.1, 0.15) is 5.56 Å². The largest absolute Gasteiger partial charge is 0.483 e. The third kappa shape index (κ3) is 3.47. The highest BCUT2D eigenvalue weighted by atomic mass is 127. The molecular formula is C21H12F5INO2P. The number of amides is 1. The highest BCUT2D eigenvalue weighted by Crippen LogP contribution is 2.46. The first-order chi connectivity index (χ1) is 14.5. The Hall–Kier alpha value is -2.26. The average Bonchev–Trinajstić information content (AvgIpc) is 2.73. The van der Waals surface area contributed by atoms with Gasteiger partial charge in [-0.1, -0.05) is 18.2 Å². The predicted octanol–water partition coefficient (Wildman–Crippen LogP) is 5.83. The van der Waals surface area contributed by atoms with Gasteiger partial charge in [-0.15, -0.1) is 9.24 Å². The molecule has 1 aliphatic rings. The lowest BCUT2D eigenvalue weighted by molar-refractivity contribution is -0.191. The molecule has 1 amide bonds. The molecule has 0 bridgehead atoms. The van der Waals surface area contributed by atoms with Crippen LogP contribution < -0.4 is 14.9 Å². The number of carbonyl (C=O) groups excluding carboxylic acids is 1. The minimum Gasteiger partial charge on any atom is -0.423 e. The number of ether oxygens (including phenoxy) is 1. The maximum Gasteiger partial charge on any atom is 0.483 e. The Morgan fingerprint density at radius 3 is 2.35 bits per heavy atom. The van der Waals surface area contributed by atoms with Gasteiger partial charge in [-0.25, -0.2) is 13.2 Å². The molecule has 1 unspecified atom stereocenters. The van der Waals surface area contributed by atoms with Gasteiger partial charge in [0.1, 0.15) is 5.82 Å². The second-order valence-electron chi connectivity index (χ2n) is 6.75. The van der Waals surface area contributed by atoms with Crippen molar-refractivity contribution in [1.82, 2.24) is 0 Å². The first-order valence-corrected chi connectivity index (χ1v) is 10.4. The van der Waals surface area contributed by atoms with E-state index in [1.54, 1.807) is 28.7 Å². The van der Waals surface area contributed by atoms with Gasteiger partial charge in [-0.3, -0.25) is 9.69 Å². The van der Waals surface area contributed by atoms with E-state index >= 15 is 0 Å². The Labute approximate surface area is 189 Å². The molecule has 0 aromatic heterocycles. The summed E-state index contributed by atoms with van der Waals surface area (Å²) in [6.07, 6.45) is -4.24. The van der Waals surface area contributed by atoms with E-state index in [9.17, 15) is 26.7 Å². The predicted molar refractivity (Wildman–Crippen MR) is 118 cm³/mol. The van der Waals surface area contributed by atoms with Crippen molar-refractivity contribution in [3.05, 3.63) is 69.0 Å². The summed E-state index contributed by atoms with van der Waals surface area (Å²) in [7, 11) is 2.24. The van der Waals surface area contributed by atoms with Crippen molar-refractivity contribution < 1.29 is 31.5 Å². The number of carbonyl (C=O) groups is 1. The molecule has 3 nitrogen and oxygen atoms in total. The number of para-hydroxylation sites is 1. The average molecular weight is 563 g/mol. The van der Waals surface area contributed by atoms with Gasteiger partial charge in [-0.05, 0) is 53.0 Å². The molecule has 1 aliphatic heterocycles. The lowest BCUT2D eigenvalue weighted by Crippen LogP contribution is -2.48. The Morgan fingerprint density at radius 2 is 1.71 bits per heavy atom. The van der Waals surface area contributed by atoms with E-state index < -0.39 is 46.3 Å².